The Bertz CT molecular complexity index is 1660. The van der Waals surface area contributed by atoms with E-state index in [9.17, 15) is 19.2 Å². The summed E-state index contributed by atoms with van der Waals surface area (Å²) >= 11 is 2.06. The number of hydrogen-bond acceptors (Lipinski definition) is 11. The summed E-state index contributed by atoms with van der Waals surface area (Å²) in [4.78, 5) is 53.4. The smallest absolute Gasteiger partial charge is 0.343 e. The van der Waals surface area contributed by atoms with Gasteiger partial charge in [-0.05, 0) is 60.5 Å². The van der Waals surface area contributed by atoms with Crippen LogP contribution in [0.2, 0.25) is 0 Å². The first-order valence-corrected chi connectivity index (χ1v) is 14.2. The van der Waals surface area contributed by atoms with Gasteiger partial charge in [0.15, 0.2) is 0 Å². The van der Waals surface area contributed by atoms with Crippen LogP contribution >= 0.6 is 23.5 Å². The molecule has 0 bridgehead atoms. The van der Waals surface area contributed by atoms with Crippen molar-refractivity contribution >= 4 is 47.4 Å². The van der Waals surface area contributed by atoms with Crippen molar-refractivity contribution in [3.8, 4) is 17.2 Å². The molecular formula is C31H23NO9S2. The van der Waals surface area contributed by atoms with Gasteiger partial charge in [-0.3, -0.25) is 4.79 Å². The molecule has 4 rings (SSSR count). The highest BCUT2D eigenvalue weighted by Crippen LogP contribution is 2.59. The van der Waals surface area contributed by atoms with Crippen molar-refractivity contribution in [2.45, 2.75) is 23.1 Å². The van der Waals surface area contributed by atoms with Gasteiger partial charge < -0.3 is 23.7 Å². The highest BCUT2D eigenvalue weighted by atomic mass is 32.2. The average molecular weight is 618 g/mol. The van der Waals surface area contributed by atoms with E-state index in [1.807, 2.05) is 19.1 Å². The van der Waals surface area contributed by atoms with Crippen molar-refractivity contribution in [3.63, 3.8) is 0 Å². The van der Waals surface area contributed by atoms with E-state index in [1.165, 1.54) is 43.5 Å². The molecule has 3 aromatic rings. The highest BCUT2D eigenvalue weighted by Gasteiger charge is 2.32. The number of methoxy groups -OCH3 is 1. The molecule has 0 fully saturated rings. The predicted octanol–water partition coefficient (Wildman–Crippen LogP) is 6.21. The normalized spacial score (nSPS) is 12.7. The Morgan fingerprint density at radius 1 is 0.860 bits per heavy atom. The topological polar surface area (TPSA) is 119 Å². The summed E-state index contributed by atoms with van der Waals surface area (Å²) in [6.45, 7) is 12.4. The third kappa shape index (κ3) is 7.45. The molecule has 0 N–H and O–H groups in total. The van der Waals surface area contributed by atoms with Crippen molar-refractivity contribution in [1.82, 2.24) is 0 Å². The Balaban J connectivity index is 1.59. The molecule has 1 heterocycles. The summed E-state index contributed by atoms with van der Waals surface area (Å²) in [6.07, 6.45) is 1.83. The number of ether oxygens (including phenoxy) is 5. The van der Waals surface area contributed by atoms with Crippen LogP contribution in [0.1, 0.15) is 33.2 Å². The molecule has 0 aromatic heterocycles. The zero-order valence-corrected chi connectivity index (χ0v) is 24.5. The van der Waals surface area contributed by atoms with Gasteiger partial charge in [-0.15, -0.1) is 0 Å². The molecule has 218 valence electrons. The van der Waals surface area contributed by atoms with Gasteiger partial charge >= 0.3 is 23.9 Å². The maximum Gasteiger partial charge on any atom is 0.343 e. The Hall–Kier alpha value is -4.99. The predicted molar refractivity (Wildman–Crippen MR) is 158 cm³/mol. The van der Waals surface area contributed by atoms with Gasteiger partial charge in [0.05, 0.1) is 38.8 Å². The number of carbonyl (C=O) groups is 4. The zero-order valence-electron chi connectivity index (χ0n) is 22.9. The minimum atomic E-state index is -0.826. The van der Waals surface area contributed by atoms with E-state index in [0.29, 0.717) is 21.1 Å². The lowest BCUT2D eigenvalue weighted by molar-refractivity contribution is -0.144. The maximum atomic E-state index is 13.0. The molecule has 0 saturated heterocycles. The maximum absolute atomic E-state index is 13.0. The Labute approximate surface area is 255 Å². The van der Waals surface area contributed by atoms with Crippen molar-refractivity contribution in [2.24, 2.45) is 0 Å². The van der Waals surface area contributed by atoms with E-state index in [2.05, 4.69) is 11.4 Å². The fourth-order valence-corrected chi connectivity index (χ4v) is 6.10. The van der Waals surface area contributed by atoms with Crippen LogP contribution in [0.4, 0.5) is 0 Å². The lowest BCUT2D eigenvalue weighted by atomic mass is 10.1. The quantitative estimate of drug-likeness (QED) is 0.0849. The van der Waals surface area contributed by atoms with Crippen molar-refractivity contribution in [3.05, 3.63) is 111 Å². The summed E-state index contributed by atoms with van der Waals surface area (Å²) < 4.78 is 26.5. The fraction of sp³-hybridized carbons (Fsp3) is 0.129. The minimum absolute atomic E-state index is 0.130. The second-order valence-corrected chi connectivity index (χ2v) is 10.7. The first-order chi connectivity index (χ1) is 20.8. The van der Waals surface area contributed by atoms with Crippen LogP contribution in [0.5, 0.6) is 17.2 Å². The van der Waals surface area contributed by atoms with Gasteiger partial charge in [0, 0.05) is 6.08 Å². The Morgan fingerprint density at radius 2 is 1.40 bits per heavy atom. The molecule has 0 aliphatic carbocycles. The Kier molecular flexibility index (Phi) is 10.3. The largest absolute Gasteiger partial charge is 0.474 e. The number of rotatable bonds is 10. The molecule has 0 atom stereocenters. The van der Waals surface area contributed by atoms with Crippen molar-refractivity contribution < 1.29 is 42.9 Å². The number of benzene rings is 3. The minimum Gasteiger partial charge on any atom is -0.474 e. The summed E-state index contributed by atoms with van der Waals surface area (Å²) in [5.74, 6) is -2.12. The van der Waals surface area contributed by atoms with Crippen molar-refractivity contribution in [2.75, 3.05) is 13.9 Å². The first kappa shape index (κ1) is 31.0. The summed E-state index contributed by atoms with van der Waals surface area (Å²) in [7, 11) is 1.17. The van der Waals surface area contributed by atoms with E-state index in [1.54, 1.807) is 12.1 Å². The lowest BCUT2D eigenvalue weighted by Gasteiger charge is -2.12. The van der Waals surface area contributed by atoms with Crippen LogP contribution in [0.15, 0.2) is 93.0 Å². The van der Waals surface area contributed by atoms with Crippen LogP contribution in [-0.4, -0.2) is 37.8 Å². The fourth-order valence-electron chi connectivity index (χ4n) is 3.55. The molecule has 1 aliphatic rings. The molecule has 3 aromatic carbocycles. The molecule has 0 amide bonds. The molecular weight excluding hydrogens is 594 g/mol. The van der Waals surface area contributed by atoms with Crippen LogP contribution in [0, 0.1) is 6.57 Å². The third-order valence-corrected chi connectivity index (χ3v) is 8.41. The van der Waals surface area contributed by atoms with Gasteiger partial charge in [0.2, 0.25) is 6.79 Å². The molecule has 0 saturated carbocycles. The molecule has 10 nitrogen and oxygen atoms in total. The van der Waals surface area contributed by atoms with E-state index in [4.69, 9.17) is 30.3 Å². The number of thioether (sulfide) groups is 2. The third-order valence-electron chi connectivity index (χ3n) is 5.80. The number of aryl methyl sites for hydroxylation is 1. The van der Waals surface area contributed by atoms with Crippen LogP contribution in [0.3, 0.4) is 0 Å². The van der Waals surface area contributed by atoms with Crippen LogP contribution < -0.4 is 14.2 Å². The van der Waals surface area contributed by atoms with E-state index < -0.39 is 23.9 Å². The molecule has 12 heteroatoms. The van der Waals surface area contributed by atoms with Gasteiger partial charge in [0.1, 0.15) is 17.2 Å². The van der Waals surface area contributed by atoms with E-state index in [-0.39, 0.29) is 33.8 Å². The lowest BCUT2D eigenvalue weighted by Crippen LogP contribution is -2.11. The zero-order chi connectivity index (χ0) is 30.9. The second-order valence-electron chi connectivity index (χ2n) is 8.45. The van der Waals surface area contributed by atoms with Crippen LogP contribution in [-0.2, 0) is 25.5 Å². The van der Waals surface area contributed by atoms with Gasteiger partial charge in [-0.1, -0.05) is 49.2 Å². The monoisotopic (exact) mass is 617 g/mol. The number of hydrogen-bond donors (Lipinski definition) is 0. The first-order valence-electron chi connectivity index (χ1n) is 12.6. The molecule has 1 aliphatic heterocycles. The van der Waals surface area contributed by atoms with E-state index >= 15 is 0 Å². The Morgan fingerprint density at radius 3 is 1.86 bits per heavy atom. The van der Waals surface area contributed by atoms with Gasteiger partial charge in [-0.25, -0.2) is 19.2 Å². The van der Waals surface area contributed by atoms with Crippen LogP contribution in [0.25, 0.3) is 4.85 Å². The molecule has 43 heavy (non-hydrogen) atoms. The molecule has 0 radical (unpaired) electrons. The SMILES string of the molecule is [C-]#[N+]/C(C(=O)OC)=C1/Sc2c(OC(=O)c3ccc(CC)cc3)ccc(OC(=O)c3ccc(OCOC(=O)C=C)cc3)c2S1. The second kappa shape index (κ2) is 14.3. The summed E-state index contributed by atoms with van der Waals surface area (Å²) in [5, 5.41) is 0. The van der Waals surface area contributed by atoms with Gasteiger partial charge in [0.25, 0.3) is 5.70 Å². The molecule has 0 unspecified atom stereocenters. The highest BCUT2D eigenvalue weighted by molar-refractivity contribution is 8.24. The van der Waals surface area contributed by atoms with Crippen molar-refractivity contribution in [1.29, 1.82) is 0 Å². The van der Waals surface area contributed by atoms with Gasteiger partial charge in [-0.2, -0.15) is 0 Å². The number of fused-ring (bicyclic) bond motifs is 1. The summed E-state index contributed by atoms with van der Waals surface area (Å²) in [5.41, 5.74) is 1.34. The number of nitrogens with zero attached hydrogens (tertiary/aromatic N) is 1. The van der Waals surface area contributed by atoms with E-state index in [0.717, 1.165) is 41.6 Å². The number of carbonyl (C=O) groups excluding carboxylic acids is 4. The summed E-state index contributed by atoms with van der Waals surface area (Å²) in [6, 6.07) is 15.9. The molecule has 0 spiro atoms. The standard InChI is InChI=1S/C31H23NO9S2/c1-5-18-7-9-19(10-8-18)28(34)40-22-15-16-23(27-26(22)42-31(43-27)25(32-3)30(36)37-4)41-29(35)20-11-13-21(14-12-20)38-17-39-24(33)6-2/h6-16H,2,5,17H2,1,4H3/b31-25-. The average Bonchev–Trinajstić information content (AvgIpc) is 3.48. The number of esters is 4.